The first-order valence-corrected chi connectivity index (χ1v) is 0.671. The van der Waals surface area contributed by atoms with Crippen LogP contribution in [0.2, 0.25) is 0 Å². The van der Waals surface area contributed by atoms with Gasteiger partial charge >= 0.3 is 120 Å². The molecule has 0 saturated carbocycles. The summed E-state index contributed by atoms with van der Waals surface area (Å²) in [6, 6.07) is 0. The van der Waals surface area contributed by atoms with Gasteiger partial charge in [0.1, 0.15) is 0 Å². The molecule has 0 saturated heterocycles. The van der Waals surface area contributed by atoms with Crippen LogP contribution >= 0.6 is 0 Å². The topological polar surface area (TPSA) is 71.4 Å². The molecule has 0 aromatic rings. The van der Waals surface area contributed by atoms with Crippen molar-refractivity contribution in [2.24, 2.45) is 0 Å². The SMILES string of the molecule is [C-]#N.[C-]#N.[C-]#N.[Cu+].[K+].[K+]. The molecule has 0 atom stereocenters. The Balaban J connectivity index is -0.00000000321. The molecule has 0 radical (unpaired) electrons. The van der Waals surface area contributed by atoms with E-state index in [0.29, 0.717) is 0 Å². The summed E-state index contributed by atoms with van der Waals surface area (Å²) in [6.07, 6.45) is 0. The van der Waals surface area contributed by atoms with E-state index in [4.69, 9.17) is 35.5 Å². The van der Waals surface area contributed by atoms with Gasteiger partial charge < -0.3 is 35.5 Å². The van der Waals surface area contributed by atoms with Gasteiger partial charge in [0.15, 0.2) is 0 Å². The predicted molar refractivity (Wildman–Crippen MR) is 14.9 cm³/mol. The third-order valence-electron chi connectivity index (χ3n) is 0. The van der Waals surface area contributed by atoms with Crippen molar-refractivity contribution >= 4 is 0 Å². The molecule has 0 rings (SSSR count). The fourth-order valence-corrected chi connectivity index (χ4v) is 0. The number of hydrogen-bond donors (Lipinski definition) is 0. The van der Waals surface area contributed by atoms with Crippen LogP contribution in [0.5, 0.6) is 0 Å². The summed E-state index contributed by atoms with van der Waals surface area (Å²) < 4.78 is 0. The minimum Gasteiger partial charge on any atom is -0.512 e. The molecule has 6 heteroatoms. The molecule has 40 valence electrons. The standard InChI is InChI=1S/3CN.Cu.2K/c3*1-2;;;/q3*-1;3*+1. The van der Waals surface area contributed by atoms with Gasteiger partial charge in [0.25, 0.3) is 0 Å². The van der Waals surface area contributed by atoms with E-state index in [1.165, 1.54) is 0 Å². The Bertz CT molecular complexity index is 45.5. The average Bonchev–Trinajstić information content (AvgIpc) is 1.81. The van der Waals surface area contributed by atoms with Gasteiger partial charge in [-0.2, -0.15) is 0 Å². The molecule has 0 aliphatic rings. The van der Waals surface area contributed by atoms with E-state index in [1.54, 1.807) is 0 Å². The fourth-order valence-electron chi connectivity index (χ4n) is 0. The van der Waals surface area contributed by atoms with Crippen molar-refractivity contribution < 1.29 is 120 Å². The minimum absolute atomic E-state index is 0. The van der Waals surface area contributed by atoms with Crippen molar-refractivity contribution in [3.05, 3.63) is 19.7 Å². The first-order chi connectivity index (χ1) is 3.00. The van der Waals surface area contributed by atoms with Crippen LogP contribution in [-0.4, -0.2) is 0 Å². The zero-order chi connectivity index (χ0) is 6.00. The summed E-state index contributed by atoms with van der Waals surface area (Å²) in [5.74, 6) is 0. The van der Waals surface area contributed by atoms with E-state index in [2.05, 4.69) is 0 Å². The summed E-state index contributed by atoms with van der Waals surface area (Å²) in [7, 11) is 0. The fraction of sp³-hybridized carbons (Fsp3) is 0. The van der Waals surface area contributed by atoms with Crippen LogP contribution in [0.4, 0.5) is 0 Å². The van der Waals surface area contributed by atoms with Crippen LogP contribution in [0.1, 0.15) is 0 Å². The zero-order valence-corrected chi connectivity index (χ0v) is 12.3. The summed E-state index contributed by atoms with van der Waals surface area (Å²) in [5.41, 5.74) is 0. The Kier molecular flexibility index (Phi) is 819. The third kappa shape index (κ3) is 137. The Morgan fingerprint density at radius 2 is 0.556 bits per heavy atom. The van der Waals surface area contributed by atoms with Crippen molar-refractivity contribution in [1.29, 1.82) is 15.8 Å². The molecule has 0 bridgehead atoms. The second-order valence-electron chi connectivity index (χ2n) is 0. The van der Waals surface area contributed by atoms with Gasteiger partial charge in [-0.15, -0.1) is 0 Å². The maximum atomic E-state index is 6.25. The molecule has 0 amide bonds. The van der Waals surface area contributed by atoms with E-state index in [-0.39, 0.29) is 120 Å². The van der Waals surface area contributed by atoms with Crippen LogP contribution < -0.4 is 103 Å². The van der Waals surface area contributed by atoms with Crippen LogP contribution in [0.3, 0.4) is 0 Å². The van der Waals surface area contributed by atoms with E-state index >= 15 is 0 Å². The molecule has 0 spiro atoms. The van der Waals surface area contributed by atoms with E-state index in [1.807, 2.05) is 0 Å². The summed E-state index contributed by atoms with van der Waals surface area (Å²) in [5, 5.41) is 18.8. The van der Waals surface area contributed by atoms with Crippen molar-refractivity contribution in [3.8, 4) is 0 Å². The first kappa shape index (κ1) is 42.8. The molecule has 0 heterocycles. The summed E-state index contributed by atoms with van der Waals surface area (Å²) in [6.45, 7) is 14.2. The van der Waals surface area contributed by atoms with E-state index in [0.717, 1.165) is 0 Å². The van der Waals surface area contributed by atoms with Crippen molar-refractivity contribution in [3.63, 3.8) is 0 Å². The molecular weight excluding hydrogens is 220 g/mol. The molecule has 0 N–H and O–H groups in total. The van der Waals surface area contributed by atoms with Gasteiger partial charge in [-0.1, -0.05) is 0 Å². The van der Waals surface area contributed by atoms with Gasteiger partial charge in [-0.05, 0) is 0 Å². The Morgan fingerprint density at radius 1 is 0.556 bits per heavy atom. The monoisotopic (exact) mass is 219 g/mol. The Labute approximate surface area is 151 Å². The van der Waals surface area contributed by atoms with Crippen molar-refractivity contribution in [2.45, 2.75) is 0 Å². The summed E-state index contributed by atoms with van der Waals surface area (Å²) >= 11 is 0. The zero-order valence-electron chi connectivity index (χ0n) is 5.14. The molecule has 0 aromatic carbocycles. The molecule has 0 unspecified atom stereocenters. The maximum Gasteiger partial charge on any atom is 1.00 e. The largest absolute Gasteiger partial charge is 1.00 e. The third-order valence-corrected chi connectivity index (χ3v) is 0. The van der Waals surface area contributed by atoms with Crippen molar-refractivity contribution in [1.82, 2.24) is 0 Å². The Hall–Kier alpha value is 2.26. The second-order valence-corrected chi connectivity index (χ2v) is 0. The van der Waals surface area contributed by atoms with E-state index < -0.39 is 0 Å². The van der Waals surface area contributed by atoms with Gasteiger partial charge in [0.2, 0.25) is 0 Å². The first-order valence-electron chi connectivity index (χ1n) is 0.671. The van der Waals surface area contributed by atoms with Crippen LogP contribution in [0.15, 0.2) is 0 Å². The van der Waals surface area contributed by atoms with Gasteiger partial charge in [0, 0.05) is 0 Å². The normalized spacial score (nSPS) is 0.667. The van der Waals surface area contributed by atoms with Crippen molar-refractivity contribution in [2.75, 3.05) is 0 Å². The second kappa shape index (κ2) is 172. The predicted octanol–water partition coefficient (Wildman–Crippen LogP) is -5.71. The number of rotatable bonds is 0. The molecule has 0 aromatic heterocycles. The summed E-state index contributed by atoms with van der Waals surface area (Å²) in [4.78, 5) is 0. The molecule has 0 aliphatic carbocycles. The Morgan fingerprint density at radius 3 is 0.556 bits per heavy atom. The van der Waals surface area contributed by atoms with Crippen LogP contribution in [0.25, 0.3) is 0 Å². The minimum atomic E-state index is 0. The smallest absolute Gasteiger partial charge is 0.512 e. The molecule has 9 heavy (non-hydrogen) atoms. The van der Waals surface area contributed by atoms with Crippen LogP contribution in [0, 0.1) is 35.5 Å². The quantitative estimate of drug-likeness (QED) is 0.301. The van der Waals surface area contributed by atoms with Gasteiger partial charge in [-0.3, -0.25) is 0 Å². The number of hydrogen-bond acceptors (Lipinski definition) is 3. The average molecular weight is 220 g/mol. The molecule has 3 nitrogen and oxygen atoms in total. The molecular formula is C3CuK2N3. The number of nitrogens with zero attached hydrogens (tertiary/aromatic N) is 3. The molecule has 0 fully saturated rings. The van der Waals surface area contributed by atoms with Crippen LogP contribution in [-0.2, 0) is 17.1 Å². The maximum absolute atomic E-state index is 6.25. The molecule has 0 aliphatic heterocycles. The van der Waals surface area contributed by atoms with Gasteiger partial charge in [0.05, 0.1) is 0 Å². The van der Waals surface area contributed by atoms with E-state index in [9.17, 15) is 0 Å². The van der Waals surface area contributed by atoms with Gasteiger partial charge in [-0.25, -0.2) is 0 Å².